The minimum absolute atomic E-state index is 0.164. The van der Waals surface area contributed by atoms with E-state index >= 15 is 0 Å². The summed E-state index contributed by atoms with van der Waals surface area (Å²) in [7, 11) is 0. The number of imide groups is 1. The topological polar surface area (TPSA) is 76.6 Å². The normalized spacial score (nSPS) is 13.3. The number of pyridine rings is 1. The number of carbonyl (C=O) groups excluding carboxylic acids is 3. The maximum atomic E-state index is 12.0. The summed E-state index contributed by atoms with van der Waals surface area (Å²) in [5.41, 5.74) is 1.35. The Balaban J connectivity index is 1.84. The fraction of sp³-hybridized carbons (Fsp3) is 0.0667. The summed E-state index contributed by atoms with van der Waals surface area (Å²) in [6, 6.07) is 9.45. The number of fused-ring (bicyclic) bond motifs is 1. The molecule has 3 rings (SSSR count). The zero-order valence-corrected chi connectivity index (χ0v) is 11.1. The fourth-order valence-corrected chi connectivity index (χ4v) is 1.97. The van der Waals surface area contributed by atoms with Gasteiger partial charge in [0.25, 0.3) is 11.8 Å². The first-order chi connectivity index (χ1) is 10.1. The standard InChI is InChI=1S/C15H10N2O4/c1-9-6-7-10(8-16-9)15(20)21-17-13(18)11-4-2-3-5-12(11)14(17)19/h2-8H,1H3. The molecule has 0 atom stereocenters. The maximum Gasteiger partial charge on any atom is 0.365 e. The van der Waals surface area contributed by atoms with Gasteiger partial charge in [-0.05, 0) is 31.2 Å². The van der Waals surface area contributed by atoms with Crippen molar-refractivity contribution < 1.29 is 19.2 Å². The van der Waals surface area contributed by atoms with Crippen LogP contribution in [0.5, 0.6) is 0 Å². The van der Waals surface area contributed by atoms with Crippen molar-refractivity contribution in [3.63, 3.8) is 0 Å². The summed E-state index contributed by atoms with van der Waals surface area (Å²) in [5, 5.41) is 0.479. The lowest BCUT2D eigenvalue weighted by Crippen LogP contribution is -2.32. The van der Waals surface area contributed by atoms with Crippen molar-refractivity contribution in [3.05, 3.63) is 65.0 Å². The summed E-state index contributed by atoms with van der Waals surface area (Å²) < 4.78 is 0. The van der Waals surface area contributed by atoms with Crippen molar-refractivity contribution in [2.24, 2.45) is 0 Å². The molecule has 21 heavy (non-hydrogen) atoms. The second-order valence-electron chi connectivity index (χ2n) is 4.52. The van der Waals surface area contributed by atoms with Crippen LogP contribution in [-0.4, -0.2) is 27.8 Å². The molecule has 0 N–H and O–H groups in total. The molecule has 2 heterocycles. The lowest BCUT2D eigenvalue weighted by molar-refractivity contribution is -0.0584. The van der Waals surface area contributed by atoms with E-state index in [1.807, 2.05) is 0 Å². The van der Waals surface area contributed by atoms with Gasteiger partial charge in [0.05, 0.1) is 16.7 Å². The second-order valence-corrected chi connectivity index (χ2v) is 4.52. The van der Waals surface area contributed by atoms with Crippen LogP contribution in [0.25, 0.3) is 0 Å². The average Bonchev–Trinajstić information content (AvgIpc) is 2.73. The number of hydroxylamine groups is 2. The Morgan fingerprint density at radius 1 is 1.05 bits per heavy atom. The number of aryl methyl sites for hydroxylation is 1. The van der Waals surface area contributed by atoms with Crippen molar-refractivity contribution in [3.8, 4) is 0 Å². The summed E-state index contributed by atoms with van der Waals surface area (Å²) in [5.74, 6) is -2.11. The molecule has 6 heteroatoms. The lowest BCUT2D eigenvalue weighted by Gasteiger charge is -2.12. The van der Waals surface area contributed by atoms with Crippen LogP contribution in [0, 0.1) is 6.92 Å². The first kappa shape index (κ1) is 13.0. The number of benzene rings is 1. The third-order valence-corrected chi connectivity index (χ3v) is 3.08. The predicted molar refractivity (Wildman–Crippen MR) is 71.3 cm³/mol. The van der Waals surface area contributed by atoms with E-state index in [1.165, 1.54) is 24.4 Å². The van der Waals surface area contributed by atoms with Gasteiger partial charge < -0.3 is 4.84 Å². The van der Waals surface area contributed by atoms with Crippen LogP contribution in [0.4, 0.5) is 0 Å². The van der Waals surface area contributed by atoms with Gasteiger partial charge in [0.1, 0.15) is 0 Å². The molecule has 1 aromatic carbocycles. The number of amides is 2. The molecular weight excluding hydrogens is 272 g/mol. The molecule has 0 fully saturated rings. The molecule has 0 saturated carbocycles. The molecule has 0 unspecified atom stereocenters. The van der Waals surface area contributed by atoms with Crippen LogP contribution in [0.2, 0.25) is 0 Å². The highest BCUT2D eigenvalue weighted by molar-refractivity contribution is 6.21. The summed E-state index contributed by atoms with van der Waals surface area (Å²) >= 11 is 0. The van der Waals surface area contributed by atoms with Crippen LogP contribution in [0.3, 0.4) is 0 Å². The quantitative estimate of drug-likeness (QED) is 0.784. The highest BCUT2D eigenvalue weighted by Gasteiger charge is 2.38. The van der Waals surface area contributed by atoms with E-state index in [0.29, 0.717) is 5.06 Å². The first-order valence-electron chi connectivity index (χ1n) is 6.20. The van der Waals surface area contributed by atoms with Gasteiger partial charge in [0, 0.05) is 11.9 Å². The van der Waals surface area contributed by atoms with Crippen LogP contribution < -0.4 is 0 Å². The van der Waals surface area contributed by atoms with Gasteiger partial charge in [-0.25, -0.2) is 4.79 Å². The third-order valence-electron chi connectivity index (χ3n) is 3.08. The van der Waals surface area contributed by atoms with E-state index in [-0.39, 0.29) is 16.7 Å². The SMILES string of the molecule is Cc1ccc(C(=O)ON2C(=O)c3ccccc3C2=O)cn1. The molecule has 0 aliphatic carbocycles. The van der Waals surface area contributed by atoms with Crippen molar-refractivity contribution in [1.29, 1.82) is 0 Å². The van der Waals surface area contributed by atoms with Crippen molar-refractivity contribution in [2.75, 3.05) is 0 Å². The predicted octanol–water partition coefficient (Wildman–Crippen LogP) is 1.76. The number of aromatic nitrogens is 1. The minimum atomic E-state index is -0.808. The molecule has 0 saturated heterocycles. The number of hydrogen-bond donors (Lipinski definition) is 0. The molecular formula is C15H10N2O4. The summed E-state index contributed by atoms with van der Waals surface area (Å²) in [6.45, 7) is 1.78. The Hall–Kier alpha value is -3.02. The van der Waals surface area contributed by atoms with Crippen LogP contribution in [-0.2, 0) is 4.84 Å². The molecule has 104 valence electrons. The van der Waals surface area contributed by atoms with E-state index in [2.05, 4.69) is 4.98 Å². The highest BCUT2D eigenvalue weighted by Crippen LogP contribution is 2.23. The Morgan fingerprint density at radius 3 is 2.19 bits per heavy atom. The number of nitrogens with zero attached hydrogens (tertiary/aromatic N) is 2. The Kier molecular flexibility index (Phi) is 2.98. The van der Waals surface area contributed by atoms with Crippen LogP contribution >= 0.6 is 0 Å². The zero-order valence-electron chi connectivity index (χ0n) is 11.1. The molecule has 0 spiro atoms. The molecule has 1 aromatic heterocycles. The number of hydrogen-bond acceptors (Lipinski definition) is 5. The van der Waals surface area contributed by atoms with E-state index in [1.54, 1.807) is 25.1 Å². The number of carbonyl (C=O) groups is 3. The monoisotopic (exact) mass is 282 g/mol. The second kappa shape index (κ2) is 4.82. The first-order valence-corrected chi connectivity index (χ1v) is 6.20. The smallest absolute Gasteiger partial charge is 0.324 e. The van der Waals surface area contributed by atoms with Gasteiger partial charge in [-0.1, -0.05) is 17.2 Å². The Bertz CT molecular complexity index is 718. The molecule has 0 bridgehead atoms. The Labute approximate surface area is 119 Å². The van der Waals surface area contributed by atoms with Gasteiger partial charge in [0.2, 0.25) is 0 Å². The molecule has 2 aromatic rings. The summed E-state index contributed by atoms with van der Waals surface area (Å²) in [6.07, 6.45) is 1.33. The van der Waals surface area contributed by atoms with E-state index in [0.717, 1.165) is 5.69 Å². The Morgan fingerprint density at radius 2 is 1.67 bits per heavy atom. The molecule has 1 aliphatic heterocycles. The lowest BCUT2D eigenvalue weighted by atomic mass is 10.1. The molecule has 1 aliphatic rings. The van der Waals surface area contributed by atoms with Crippen LogP contribution in [0.15, 0.2) is 42.6 Å². The highest BCUT2D eigenvalue weighted by atomic mass is 16.7. The van der Waals surface area contributed by atoms with Gasteiger partial charge in [-0.3, -0.25) is 14.6 Å². The molecule has 6 nitrogen and oxygen atoms in total. The molecule has 2 amide bonds. The fourth-order valence-electron chi connectivity index (χ4n) is 1.97. The van der Waals surface area contributed by atoms with E-state index in [4.69, 9.17) is 4.84 Å². The van der Waals surface area contributed by atoms with Crippen molar-refractivity contribution in [2.45, 2.75) is 6.92 Å². The largest absolute Gasteiger partial charge is 0.365 e. The van der Waals surface area contributed by atoms with Gasteiger partial charge in [-0.2, -0.15) is 0 Å². The number of rotatable bonds is 2. The van der Waals surface area contributed by atoms with Crippen molar-refractivity contribution in [1.82, 2.24) is 10.0 Å². The zero-order chi connectivity index (χ0) is 15.0. The van der Waals surface area contributed by atoms with E-state index < -0.39 is 17.8 Å². The van der Waals surface area contributed by atoms with E-state index in [9.17, 15) is 14.4 Å². The minimum Gasteiger partial charge on any atom is -0.324 e. The third kappa shape index (κ3) is 2.16. The molecule has 0 radical (unpaired) electrons. The average molecular weight is 282 g/mol. The maximum absolute atomic E-state index is 12.0. The summed E-state index contributed by atoms with van der Waals surface area (Å²) in [4.78, 5) is 44.9. The van der Waals surface area contributed by atoms with Gasteiger partial charge in [0.15, 0.2) is 0 Å². The van der Waals surface area contributed by atoms with Crippen LogP contribution in [0.1, 0.15) is 36.8 Å². The van der Waals surface area contributed by atoms with Gasteiger partial charge >= 0.3 is 5.97 Å². The van der Waals surface area contributed by atoms with Crippen molar-refractivity contribution >= 4 is 17.8 Å². The van der Waals surface area contributed by atoms with Gasteiger partial charge in [-0.15, -0.1) is 0 Å².